The molecule has 0 N–H and O–H groups in total. The van der Waals surface area contributed by atoms with Crippen molar-refractivity contribution in [3.8, 4) is 5.75 Å². The summed E-state index contributed by atoms with van der Waals surface area (Å²) in [7, 11) is 2.10. The van der Waals surface area contributed by atoms with Gasteiger partial charge in [-0.1, -0.05) is 42.0 Å². The molecular formula is C18H19ClN2O2S. The van der Waals surface area contributed by atoms with E-state index in [4.69, 9.17) is 28.6 Å². The van der Waals surface area contributed by atoms with Crippen molar-refractivity contribution in [2.24, 2.45) is 0 Å². The van der Waals surface area contributed by atoms with Crippen LogP contribution in [-0.2, 0) is 0 Å². The number of carbonyl (C=O) groups excluding carboxylic acids is 1. The number of carbonyl (C=O) groups is 1. The molecule has 1 aliphatic heterocycles. The highest BCUT2D eigenvalue weighted by Crippen LogP contribution is 2.25. The Morgan fingerprint density at radius 2 is 2.38 bits per heavy atom. The SMILES string of the molecule is CN1CCC[C@H]1COc1cnc(Cl)c(C(=O)C2=CC=CCC2=S)c1. The second-order valence-corrected chi connectivity index (χ2v) is 6.91. The minimum atomic E-state index is -0.203. The lowest BCUT2D eigenvalue weighted by atomic mass is 9.97. The maximum atomic E-state index is 12.7. The van der Waals surface area contributed by atoms with Crippen LogP contribution < -0.4 is 4.74 Å². The zero-order valence-electron chi connectivity index (χ0n) is 13.5. The molecule has 6 heteroatoms. The van der Waals surface area contributed by atoms with Crippen molar-refractivity contribution < 1.29 is 9.53 Å². The van der Waals surface area contributed by atoms with Gasteiger partial charge in [-0.3, -0.25) is 4.79 Å². The average Bonchev–Trinajstić information content (AvgIpc) is 2.99. The highest BCUT2D eigenvalue weighted by molar-refractivity contribution is 7.81. The number of allylic oxidation sites excluding steroid dienone is 4. The molecule has 3 rings (SSSR count). The molecule has 0 spiro atoms. The Balaban J connectivity index is 1.76. The van der Waals surface area contributed by atoms with Crippen LogP contribution in [-0.4, -0.2) is 46.8 Å². The van der Waals surface area contributed by atoms with Crippen molar-refractivity contribution in [2.75, 3.05) is 20.2 Å². The largest absolute Gasteiger partial charge is 0.490 e. The monoisotopic (exact) mass is 362 g/mol. The van der Waals surface area contributed by atoms with Gasteiger partial charge in [-0.2, -0.15) is 0 Å². The molecule has 2 heterocycles. The highest BCUT2D eigenvalue weighted by Gasteiger charge is 2.23. The molecule has 0 radical (unpaired) electrons. The zero-order valence-corrected chi connectivity index (χ0v) is 15.1. The Bertz CT molecular complexity index is 730. The number of aromatic nitrogens is 1. The maximum Gasteiger partial charge on any atom is 0.197 e. The van der Waals surface area contributed by atoms with Crippen LogP contribution in [0.5, 0.6) is 5.75 Å². The third kappa shape index (κ3) is 3.74. The lowest BCUT2D eigenvalue weighted by molar-refractivity contribution is 0.103. The number of hydrogen-bond acceptors (Lipinski definition) is 5. The van der Waals surface area contributed by atoms with Gasteiger partial charge in [0.15, 0.2) is 5.78 Å². The van der Waals surface area contributed by atoms with Gasteiger partial charge in [-0.15, -0.1) is 0 Å². The Kier molecular flexibility index (Phi) is 5.43. The number of likely N-dealkylation sites (tertiary alicyclic amines) is 1. The lowest BCUT2D eigenvalue weighted by Crippen LogP contribution is -2.30. The van der Waals surface area contributed by atoms with Crippen molar-refractivity contribution in [3.05, 3.63) is 46.8 Å². The number of rotatable bonds is 5. The Labute approximate surface area is 152 Å². The van der Waals surface area contributed by atoms with Crippen LogP contribution in [0.15, 0.2) is 36.1 Å². The molecule has 0 saturated carbocycles. The van der Waals surface area contributed by atoms with Crippen LogP contribution >= 0.6 is 23.8 Å². The molecule has 24 heavy (non-hydrogen) atoms. The Morgan fingerprint density at radius 3 is 3.08 bits per heavy atom. The Hall–Kier alpha value is -1.56. The van der Waals surface area contributed by atoms with E-state index in [-0.39, 0.29) is 10.9 Å². The fourth-order valence-corrected chi connectivity index (χ4v) is 3.39. The molecule has 0 aromatic carbocycles. The number of thiocarbonyl (C=S) groups is 1. The molecule has 1 atom stereocenters. The van der Waals surface area contributed by atoms with E-state index in [2.05, 4.69) is 16.9 Å². The van der Waals surface area contributed by atoms with Crippen molar-refractivity contribution in [3.63, 3.8) is 0 Å². The second kappa shape index (κ2) is 7.55. The molecule has 1 aromatic heterocycles. The van der Waals surface area contributed by atoms with Gasteiger partial charge < -0.3 is 9.64 Å². The van der Waals surface area contributed by atoms with Gasteiger partial charge in [-0.25, -0.2) is 4.98 Å². The first-order chi connectivity index (χ1) is 11.6. The second-order valence-electron chi connectivity index (χ2n) is 6.06. The van der Waals surface area contributed by atoms with Gasteiger partial charge in [0.1, 0.15) is 17.5 Å². The number of nitrogens with zero attached hydrogens (tertiary/aromatic N) is 2. The van der Waals surface area contributed by atoms with Crippen molar-refractivity contribution in [1.82, 2.24) is 9.88 Å². The number of ether oxygens (including phenoxy) is 1. The van der Waals surface area contributed by atoms with Crippen molar-refractivity contribution in [2.45, 2.75) is 25.3 Å². The predicted octanol–water partition coefficient (Wildman–Crippen LogP) is 3.65. The molecule has 1 saturated heterocycles. The van der Waals surface area contributed by atoms with E-state index in [0.29, 0.717) is 40.8 Å². The fourth-order valence-electron chi connectivity index (χ4n) is 2.94. The molecule has 0 unspecified atom stereocenters. The topological polar surface area (TPSA) is 42.4 Å². The van der Waals surface area contributed by atoms with E-state index < -0.39 is 0 Å². The summed E-state index contributed by atoms with van der Waals surface area (Å²) in [4.78, 5) is 19.7. The van der Waals surface area contributed by atoms with E-state index in [1.54, 1.807) is 18.3 Å². The fraction of sp³-hybridized carbons (Fsp3) is 0.389. The minimum Gasteiger partial charge on any atom is -0.490 e. The molecular weight excluding hydrogens is 344 g/mol. The summed E-state index contributed by atoms with van der Waals surface area (Å²) >= 11 is 11.4. The number of pyridine rings is 1. The van der Waals surface area contributed by atoms with Gasteiger partial charge in [0.2, 0.25) is 0 Å². The molecule has 1 aliphatic carbocycles. The zero-order chi connectivity index (χ0) is 17.1. The van der Waals surface area contributed by atoms with Crippen molar-refractivity contribution >= 4 is 34.5 Å². The summed E-state index contributed by atoms with van der Waals surface area (Å²) < 4.78 is 5.84. The van der Waals surface area contributed by atoms with Crippen LogP contribution in [0.25, 0.3) is 0 Å². The van der Waals surface area contributed by atoms with Crippen LogP contribution in [0.3, 0.4) is 0 Å². The van der Waals surface area contributed by atoms with Crippen LogP contribution in [0, 0.1) is 0 Å². The first-order valence-corrected chi connectivity index (χ1v) is 8.78. The standard InChI is InChI=1S/C18H19ClN2O2S/c1-21-8-4-5-12(21)11-23-13-9-15(18(19)20-10-13)17(22)14-6-2-3-7-16(14)24/h2-3,6,9-10,12H,4-5,7-8,11H2,1H3/t12-/m0/s1. The van der Waals surface area contributed by atoms with Crippen LogP contribution in [0.4, 0.5) is 0 Å². The molecule has 4 nitrogen and oxygen atoms in total. The number of Topliss-reactive ketones (excluding diaryl/α,β-unsaturated/α-hetero) is 1. The van der Waals surface area contributed by atoms with E-state index in [1.807, 2.05) is 12.2 Å². The van der Waals surface area contributed by atoms with E-state index in [1.165, 1.54) is 6.42 Å². The molecule has 0 amide bonds. The average molecular weight is 363 g/mol. The summed E-state index contributed by atoms with van der Waals surface area (Å²) in [5.41, 5.74) is 0.835. The van der Waals surface area contributed by atoms with Crippen LogP contribution in [0.2, 0.25) is 5.15 Å². The number of ketones is 1. The predicted molar refractivity (Wildman–Crippen MR) is 99.2 cm³/mol. The quantitative estimate of drug-likeness (QED) is 0.454. The van der Waals surface area contributed by atoms with Gasteiger partial charge in [0, 0.05) is 22.9 Å². The third-order valence-corrected chi connectivity index (χ3v) is 5.11. The van der Waals surface area contributed by atoms with E-state index in [0.717, 1.165) is 13.0 Å². The van der Waals surface area contributed by atoms with E-state index >= 15 is 0 Å². The summed E-state index contributed by atoms with van der Waals surface area (Å²) in [6.07, 6.45) is 9.95. The number of likely N-dealkylation sites (N-methyl/N-ethyl adjacent to an activating group) is 1. The summed E-state index contributed by atoms with van der Waals surface area (Å²) in [5, 5.41) is 0.170. The summed E-state index contributed by atoms with van der Waals surface area (Å²) in [6.45, 7) is 1.67. The first-order valence-electron chi connectivity index (χ1n) is 7.99. The smallest absolute Gasteiger partial charge is 0.197 e. The molecule has 0 bridgehead atoms. The number of halogens is 1. The first kappa shape index (κ1) is 17.3. The van der Waals surface area contributed by atoms with Gasteiger partial charge in [-0.05, 0) is 32.5 Å². The molecule has 1 aromatic rings. The summed E-state index contributed by atoms with van der Waals surface area (Å²) in [5.74, 6) is 0.353. The van der Waals surface area contributed by atoms with Gasteiger partial charge in [0.05, 0.1) is 11.8 Å². The van der Waals surface area contributed by atoms with Gasteiger partial charge in [0.25, 0.3) is 0 Å². The molecule has 126 valence electrons. The Morgan fingerprint density at radius 1 is 1.54 bits per heavy atom. The molecule has 2 aliphatic rings. The summed E-state index contributed by atoms with van der Waals surface area (Å²) in [6, 6.07) is 2.06. The highest BCUT2D eigenvalue weighted by atomic mass is 35.5. The van der Waals surface area contributed by atoms with Gasteiger partial charge >= 0.3 is 0 Å². The van der Waals surface area contributed by atoms with Crippen molar-refractivity contribution in [1.29, 1.82) is 0 Å². The number of hydrogen-bond donors (Lipinski definition) is 0. The van der Waals surface area contributed by atoms with E-state index in [9.17, 15) is 4.79 Å². The third-order valence-electron chi connectivity index (χ3n) is 4.42. The van der Waals surface area contributed by atoms with Crippen LogP contribution in [0.1, 0.15) is 29.6 Å². The lowest BCUT2D eigenvalue weighted by Gasteiger charge is -2.19. The maximum absolute atomic E-state index is 12.7. The molecule has 1 fully saturated rings. The normalized spacial score (nSPS) is 21.0. The minimum absolute atomic E-state index is 0.170.